The molecule has 94 valence electrons. The first-order valence-corrected chi connectivity index (χ1v) is 5.72. The molecule has 0 aromatic carbocycles. The Morgan fingerprint density at radius 1 is 1.00 bits per heavy atom. The summed E-state index contributed by atoms with van der Waals surface area (Å²) in [7, 11) is 0. The molecule has 0 aromatic rings. The van der Waals surface area contributed by atoms with Gasteiger partial charge < -0.3 is 0 Å². The molecule has 0 unspecified atom stereocenters. The second kappa shape index (κ2) is 6.59. The molecule has 0 aliphatic rings. The molecule has 0 aliphatic carbocycles. The summed E-state index contributed by atoms with van der Waals surface area (Å²) in [5, 5.41) is 21.3. The van der Waals surface area contributed by atoms with E-state index in [0.29, 0.717) is 0 Å². The van der Waals surface area contributed by atoms with Gasteiger partial charge in [0.15, 0.2) is 0 Å². The summed E-state index contributed by atoms with van der Waals surface area (Å²) in [6.07, 6.45) is 0. The molecule has 10 nitrogen and oxygen atoms in total. The van der Waals surface area contributed by atoms with Crippen molar-refractivity contribution in [1.82, 2.24) is 8.79 Å². The number of nitrogens with one attached hydrogen (secondary N) is 2. The predicted molar refractivity (Wildman–Crippen MR) is 48.1 cm³/mol. The van der Waals surface area contributed by atoms with Gasteiger partial charge in [-0.25, -0.2) is 0 Å². The number of hydrogen-bond donors (Lipinski definition) is 4. The third-order valence-corrected chi connectivity index (χ3v) is 3.60. The SMILES string of the molecule is NCC[NH][Ni]([NH]CCN)([N+](=O)[O-])[N+](=O)[O-]. The molecule has 0 heterocycles. The summed E-state index contributed by atoms with van der Waals surface area (Å²) in [5.41, 5.74) is 10.2. The van der Waals surface area contributed by atoms with Crippen LogP contribution in [-0.4, -0.2) is 34.2 Å². The molecule has 0 saturated carbocycles. The average Bonchev–Trinajstić information content (AvgIpc) is 2.17. The van der Waals surface area contributed by atoms with E-state index in [2.05, 4.69) is 8.79 Å². The van der Waals surface area contributed by atoms with Crippen molar-refractivity contribution in [3.8, 4) is 0 Å². The summed E-state index contributed by atoms with van der Waals surface area (Å²) < 4.78 is 2.51. The van der Waals surface area contributed by atoms with Crippen LogP contribution in [-0.2, 0) is 13.2 Å². The van der Waals surface area contributed by atoms with Crippen LogP contribution < -0.4 is 20.3 Å². The van der Waals surface area contributed by atoms with Gasteiger partial charge in [0.1, 0.15) is 0 Å². The van der Waals surface area contributed by atoms with E-state index < -0.39 is 21.2 Å². The molecule has 0 bridgehead atoms. The van der Waals surface area contributed by atoms with Gasteiger partial charge in [-0.05, 0) is 0 Å². The molecule has 0 atom stereocenters. The second-order valence-electron chi connectivity index (χ2n) is 2.11. The van der Waals surface area contributed by atoms with Crippen molar-refractivity contribution >= 4 is 0 Å². The molecule has 0 aromatic heterocycles. The van der Waals surface area contributed by atoms with Crippen molar-refractivity contribution in [1.29, 1.82) is 0 Å². The molecule has 0 saturated heterocycles. The van der Waals surface area contributed by atoms with Crippen molar-refractivity contribution in [2.75, 3.05) is 26.2 Å². The van der Waals surface area contributed by atoms with E-state index in [1.54, 1.807) is 0 Å². The van der Waals surface area contributed by atoms with Crippen molar-refractivity contribution in [3.63, 3.8) is 0 Å². The van der Waals surface area contributed by atoms with Crippen molar-refractivity contribution < 1.29 is 21.2 Å². The Balaban J connectivity index is 4.73. The van der Waals surface area contributed by atoms with Crippen LogP contribution in [0, 0.1) is 20.2 Å². The first kappa shape index (κ1) is 14.1. The maximum atomic E-state index is 10.7. The zero-order valence-corrected chi connectivity index (χ0v) is 8.81. The van der Waals surface area contributed by atoms with E-state index in [-0.39, 0.29) is 26.2 Å². The zero-order chi connectivity index (χ0) is 11.9. The van der Waals surface area contributed by atoms with Crippen LogP contribution in [0.3, 0.4) is 0 Å². The number of rotatable bonds is 8. The minimum atomic E-state index is -3.69. The topological polar surface area (TPSA) is 162 Å². The van der Waals surface area contributed by atoms with Crippen LogP contribution in [0.4, 0.5) is 0 Å². The predicted octanol–water partition coefficient (Wildman–Crippen LogP) is -2.55. The molecular weight excluding hydrogens is 255 g/mol. The van der Waals surface area contributed by atoms with Gasteiger partial charge in [-0.2, -0.15) is 0 Å². The summed E-state index contributed by atoms with van der Waals surface area (Å²) in [4.78, 5) is 21.3. The Hall–Kier alpha value is -0.866. The molecule has 11 heteroatoms. The number of hydrogen-bond acceptors (Lipinski definition) is 8. The van der Waals surface area contributed by atoms with E-state index in [1.807, 2.05) is 0 Å². The molecule has 6 N–H and O–H groups in total. The molecule has 0 fully saturated rings. The first-order valence-electron chi connectivity index (χ1n) is 3.85. The monoisotopic (exact) mass is 268 g/mol. The minimum absolute atomic E-state index is 0.0144. The number of nitrogens with two attached hydrogens (primary N) is 2. The first-order chi connectivity index (χ1) is 7.01. The Bertz CT molecular complexity index is 213. The molecule has 15 heavy (non-hydrogen) atoms. The number of nitro groups is 2. The fourth-order valence-corrected chi connectivity index (χ4v) is 2.30. The third-order valence-electron chi connectivity index (χ3n) is 1.09. The maximum absolute atomic E-state index is 10.7. The van der Waals surface area contributed by atoms with Crippen LogP contribution in [0.15, 0.2) is 0 Å². The molecule has 0 amide bonds. The molecule has 0 spiro atoms. The van der Waals surface area contributed by atoms with Gasteiger partial charge in [-0.15, -0.1) is 0 Å². The van der Waals surface area contributed by atoms with Crippen molar-refractivity contribution in [2.45, 2.75) is 0 Å². The summed E-state index contributed by atoms with van der Waals surface area (Å²) in [5.74, 6) is 0. The molecule has 0 radical (unpaired) electrons. The van der Waals surface area contributed by atoms with Crippen LogP contribution in [0.2, 0.25) is 0 Å². The molecule has 0 rings (SSSR count). The Morgan fingerprint density at radius 2 is 1.33 bits per heavy atom. The van der Waals surface area contributed by atoms with Gasteiger partial charge in [0.05, 0.1) is 0 Å². The normalized spacial score (nSPS) is 12.4. The Labute approximate surface area is 88.5 Å². The fraction of sp³-hybridized carbons (Fsp3) is 1.00. The van der Waals surface area contributed by atoms with Crippen LogP contribution in [0.1, 0.15) is 0 Å². The average molecular weight is 269 g/mol. The Kier molecular flexibility index (Phi) is 6.21. The van der Waals surface area contributed by atoms with Crippen LogP contribution in [0.5, 0.6) is 0 Å². The summed E-state index contributed by atoms with van der Waals surface area (Å²) in [6, 6.07) is 0. The van der Waals surface area contributed by atoms with Crippen molar-refractivity contribution in [3.05, 3.63) is 20.2 Å². The van der Waals surface area contributed by atoms with Gasteiger partial charge in [0, 0.05) is 0 Å². The van der Waals surface area contributed by atoms with E-state index >= 15 is 0 Å². The zero-order valence-electron chi connectivity index (χ0n) is 7.83. The van der Waals surface area contributed by atoms with Gasteiger partial charge in [0.25, 0.3) is 0 Å². The van der Waals surface area contributed by atoms with Gasteiger partial charge in [0.2, 0.25) is 0 Å². The fourth-order valence-electron chi connectivity index (χ4n) is 0.557. The third kappa shape index (κ3) is 3.65. The summed E-state index contributed by atoms with van der Waals surface area (Å²) >= 11 is -3.69. The molecule has 0 aliphatic heterocycles. The van der Waals surface area contributed by atoms with Crippen molar-refractivity contribution in [2.24, 2.45) is 11.5 Å². The van der Waals surface area contributed by atoms with Gasteiger partial charge >= 0.3 is 87.9 Å². The van der Waals surface area contributed by atoms with E-state index in [9.17, 15) is 20.2 Å². The standard InChI is InChI=1S/2C2H7N2.2NO2.Ni/c2*3-1-2-4;2*2-1-3;/h2*3H,1-2,4H2;;;/q2*-1;;;+2. The quantitative estimate of drug-likeness (QED) is 0.212. The molecular formula is C4H14N6NiO4. The van der Waals surface area contributed by atoms with Gasteiger partial charge in [-0.3, -0.25) is 0 Å². The second-order valence-corrected chi connectivity index (χ2v) is 4.85. The van der Waals surface area contributed by atoms with E-state index in [1.165, 1.54) is 0 Å². The van der Waals surface area contributed by atoms with Crippen LogP contribution >= 0.6 is 0 Å². The summed E-state index contributed by atoms with van der Waals surface area (Å²) in [6.45, 7) is 0.117. The van der Waals surface area contributed by atoms with E-state index in [0.717, 1.165) is 0 Å². The Morgan fingerprint density at radius 3 is 1.53 bits per heavy atom. The number of nitrogens with zero attached hydrogens (tertiary/aromatic N) is 2. The van der Waals surface area contributed by atoms with Gasteiger partial charge in [-0.1, -0.05) is 0 Å². The van der Waals surface area contributed by atoms with E-state index in [4.69, 9.17) is 11.5 Å². The van der Waals surface area contributed by atoms with Crippen LogP contribution in [0.25, 0.3) is 0 Å².